The molecule has 4 rings (SSSR count). The van der Waals surface area contributed by atoms with Crippen molar-refractivity contribution in [3.05, 3.63) is 11.7 Å². The average Bonchev–Trinajstić information content (AvgIpc) is 2.94. The predicted octanol–water partition coefficient (Wildman–Crippen LogP) is 1.60. The SMILES string of the molecule is CC1(C)C(c2nc(C3CC(F)(F)C3)no2)C1C1(S(N)(=O)=O)CNCS1. The number of thioether (sulfide) groups is 1. The third-order valence-electron chi connectivity index (χ3n) is 5.75. The minimum atomic E-state index is -3.82. The normalized spacial score (nSPS) is 37.0. The van der Waals surface area contributed by atoms with E-state index in [2.05, 4.69) is 15.5 Å². The van der Waals surface area contributed by atoms with Crippen LogP contribution in [0.4, 0.5) is 8.78 Å². The summed E-state index contributed by atoms with van der Waals surface area (Å²) in [6, 6.07) is 0. The van der Waals surface area contributed by atoms with E-state index in [9.17, 15) is 17.2 Å². The number of alkyl halides is 2. The van der Waals surface area contributed by atoms with Crippen molar-refractivity contribution in [2.75, 3.05) is 12.4 Å². The lowest BCUT2D eigenvalue weighted by atomic mass is 9.81. The van der Waals surface area contributed by atoms with Gasteiger partial charge in [-0.25, -0.2) is 22.3 Å². The van der Waals surface area contributed by atoms with E-state index in [1.165, 1.54) is 11.8 Å². The summed E-state index contributed by atoms with van der Waals surface area (Å²) in [7, 11) is -3.82. The molecule has 3 atom stereocenters. The van der Waals surface area contributed by atoms with Gasteiger partial charge in [0.2, 0.25) is 21.8 Å². The van der Waals surface area contributed by atoms with E-state index in [1.807, 2.05) is 13.8 Å². The molecule has 25 heavy (non-hydrogen) atoms. The number of nitrogens with two attached hydrogens (primary N) is 1. The van der Waals surface area contributed by atoms with Crippen LogP contribution in [-0.2, 0) is 10.0 Å². The van der Waals surface area contributed by atoms with Crippen molar-refractivity contribution >= 4 is 21.8 Å². The van der Waals surface area contributed by atoms with Gasteiger partial charge in [0.25, 0.3) is 0 Å². The number of sulfonamides is 1. The summed E-state index contributed by atoms with van der Waals surface area (Å²) >= 11 is 1.28. The van der Waals surface area contributed by atoms with Crippen LogP contribution in [0.5, 0.6) is 0 Å². The largest absolute Gasteiger partial charge is 0.339 e. The summed E-state index contributed by atoms with van der Waals surface area (Å²) < 4.78 is 54.9. The second-order valence-corrected chi connectivity index (χ2v) is 11.2. The lowest BCUT2D eigenvalue weighted by molar-refractivity contribution is -0.0888. The van der Waals surface area contributed by atoms with Crippen LogP contribution in [0.15, 0.2) is 4.52 Å². The maximum absolute atomic E-state index is 13.0. The second-order valence-electron chi connectivity index (χ2n) is 7.80. The summed E-state index contributed by atoms with van der Waals surface area (Å²) in [5.41, 5.74) is -0.390. The lowest BCUT2D eigenvalue weighted by Gasteiger charge is -2.32. The van der Waals surface area contributed by atoms with Crippen molar-refractivity contribution in [1.82, 2.24) is 15.5 Å². The Kier molecular flexibility index (Phi) is 3.62. The van der Waals surface area contributed by atoms with Crippen molar-refractivity contribution in [3.63, 3.8) is 0 Å². The number of primary sulfonamides is 1. The lowest BCUT2D eigenvalue weighted by Crippen LogP contribution is -2.46. The van der Waals surface area contributed by atoms with Crippen molar-refractivity contribution in [1.29, 1.82) is 0 Å². The van der Waals surface area contributed by atoms with Gasteiger partial charge in [-0.15, -0.1) is 11.8 Å². The summed E-state index contributed by atoms with van der Waals surface area (Å²) in [4.78, 5) is 4.31. The predicted molar refractivity (Wildman–Crippen MR) is 87.5 cm³/mol. The molecule has 3 aliphatic rings. The van der Waals surface area contributed by atoms with Gasteiger partial charge >= 0.3 is 0 Å². The van der Waals surface area contributed by atoms with E-state index in [-0.39, 0.29) is 37.0 Å². The Morgan fingerprint density at radius 3 is 2.56 bits per heavy atom. The molecule has 3 unspecified atom stereocenters. The summed E-state index contributed by atoms with van der Waals surface area (Å²) in [6.45, 7) is 4.14. The van der Waals surface area contributed by atoms with Gasteiger partial charge in [0, 0.05) is 43.0 Å². The van der Waals surface area contributed by atoms with Crippen molar-refractivity contribution in [2.45, 2.75) is 48.5 Å². The molecule has 7 nitrogen and oxygen atoms in total. The molecule has 0 amide bonds. The highest BCUT2D eigenvalue weighted by molar-refractivity contribution is 8.14. The highest BCUT2D eigenvalue weighted by Crippen LogP contribution is 2.72. The molecule has 2 saturated carbocycles. The fourth-order valence-electron chi connectivity index (χ4n) is 4.31. The van der Waals surface area contributed by atoms with Gasteiger partial charge in [-0.3, -0.25) is 0 Å². The Labute approximate surface area is 148 Å². The molecule has 2 heterocycles. The fourth-order valence-corrected chi connectivity index (χ4v) is 7.51. The molecule has 1 aromatic heterocycles. The molecule has 0 radical (unpaired) electrons. The van der Waals surface area contributed by atoms with Gasteiger partial charge in [-0.05, 0) is 5.41 Å². The number of hydrogen-bond donors (Lipinski definition) is 2. The first-order chi connectivity index (χ1) is 11.5. The van der Waals surface area contributed by atoms with Crippen LogP contribution in [0.3, 0.4) is 0 Å². The smallest absolute Gasteiger partial charge is 0.249 e. The Balaban J connectivity index is 1.61. The molecule has 0 spiro atoms. The van der Waals surface area contributed by atoms with Crippen LogP contribution in [-0.4, -0.2) is 41.0 Å². The summed E-state index contributed by atoms with van der Waals surface area (Å²) in [6.07, 6.45) is -0.547. The fraction of sp³-hybridized carbons (Fsp3) is 0.857. The average molecular weight is 394 g/mol. The number of aromatic nitrogens is 2. The van der Waals surface area contributed by atoms with Crippen LogP contribution in [0.25, 0.3) is 0 Å². The molecule has 140 valence electrons. The number of halogens is 2. The Morgan fingerprint density at radius 2 is 2.04 bits per heavy atom. The van der Waals surface area contributed by atoms with Crippen molar-refractivity contribution in [3.8, 4) is 0 Å². The Hall–Kier alpha value is -0.780. The van der Waals surface area contributed by atoms with Gasteiger partial charge in [-0.1, -0.05) is 19.0 Å². The number of hydrogen-bond acceptors (Lipinski definition) is 7. The van der Waals surface area contributed by atoms with E-state index in [1.54, 1.807) is 0 Å². The minimum Gasteiger partial charge on any atom is -0.339 e. The van der Waals surface area contributed by atoms with Gasteiger partial charge in [0.1, 0.15) is 4.08 Å². The molecule has 2 aliphatic carbocycles. The molecular formula is C14H20F2N4O3S2. The van der Waals surface area contributed by atoms with Gasteiger partial charge in [0.15, 0.2) is 5.82 Å². The van der Waals surface area contributed by atoms with Gasteiger partial charge < -0.3 is 9.84 Å². The third kappa shape index (κ3) is 2.54. The van der Waals surface area contributed by atoms with Crippen LogP contribution in [0.2, 0.25) is 0 Å². The number of nitrogens with one attached hydrogen (secondary N) is 1. The highest BCUT2D eigenvalue weighted by atomic mass is 32.3. The van der Waals surface area contributed by atoms with E-state index in [0.717, 1.165) is 0 Å². The third-order valence-corrected chi connectivity index (χ3v) is 9.40. The molecule has 3 fully saturated rings. The molecule has 3 N–H and O–H groups in total. The molecule has 0 aromatic carbocycles. The van der Waals surface area contributed by atoms with Crippen LogP contribution in [0.1, 0.15) is 50.2 Å². The summed E-state index contributed by atoms with van der Waals surface area (Å²) in [5, 5.41) is 12.5. The molecule has 0 bridgehead atoms. The van der Waals surface area contributed by atoms with Crippen LogP contribution >= 0.6 is 11.8 Å². The topological polar surface area (TPSA) is 111 Å². The molecule has 11 heteroatoms. The van der Waals surface area contributed by atoms with E-state index >= 15 is 0 Å². The molecule has 1 aliphatic heterocycles. The van der Waals surface area contributed by atoms with Crippen LogP contribution in [0, 0.1) is 11.3 Å². The summed E-state index contributed by atoms with van der Waals surface area (Å²) in [5.74, 6) is -2.51. The standard InChI is InChI=1S/C14H20F2N4O3S2/c1-12(2)8(9(12)14(25(17,21)22)5-18-6-24-14)11-19-10(20-23-11)7-3-13(15,16)4-7/h7-9,18H,3-6H2,1-2H3,(H2,17,21,22). The number of nitrogens with zero attached hydrogens (tertiary/aromatic N) is 2. The Morgan fingerprint density at radius 1 is 1.36 bits per heavy atom. The number of rotatable bonds is 4. The molecular weight excluding hydrogens is 374 g/mol. The Bertz CT molecular complexity index is 797. The van der Waals surface area contributed by atoms with Crippen LogP contribution < -0.4 is 10.5 Å². The zero-order chi connectivity index (χ0) is 18.3. The molecule has 1 saturated heterocycles. The van der Waals surface area contributed by atoms with E-state index in [4.69, 9.17) is 9.66 Å². The van der Waals surface area contributed by atoms with E-state index < -0.39 is 31.4 Å². The molecule has 1 aromatic rings. The second kappa shape index (κ2) is 5.14. The first-order valence-electron chi connectivity index (χ1n) is 8.06. The minimum absolute atomic E-state index is 0.261. The zero-order valence-electron chi connectivity index (χ0n) is 13.8. The van der Waals surface area contributed by atoms with Crippen molar-refractivity contribution < 1.29 is 21.7 Å². The quantitative estimate of drug-likeness (QED) is 0.798. The highest BCUT2D eigenvalue weighted by Gasteiger charge is 2.73. The maximum atomic E-state index is 13.0. The van der Waals surface area contributed by atoms with Gasteiger partial charge in [0.05, 0.1) is 0 Å². The monoisotopic (exact) mass is 394 g/mol. The van der Waals surface area contributed by atoms with Gasteiger partial charge in [-0.2, -0.15) is 4.98 Å². The van der Waals surface area contributed by atoms with Crippen molar-refractivity contribution in [2.24, 2.45) is 16.5 Å². The maximum Gasteiger partial charge on any atom is 0.249 e. The van der Waals surface area contributed by atoms with E-state index in [0.29, 0.717) is 11.8 Å². The first-order valence-corrected chi connectivity index (χ1v) is 10.6. The first kappa shape index (κ1) is 17.6. The zero-order valence-corrected chi connectivity index (χ0v) is 15.5.